The summed E-state index contributed by atoms with van der Waals surface area (Å²) in [6.07, 6.45) is -1.60. The third-order valence-electron chi connectivity index (χ3n) is 5.25. The molecule has 0 aliphatic heterocycles. The Kier molecular flexibility index (Phi) is 12.7. The predicted molar refractivity (Wildman–Crippen MR) is 130 cm³/mol. The molecule has 0 spiro atoms. The van der Waals surface area contributed by atoms with Gasteiger partial charge in [0.2, 0.25) is 17.7 Å². The molecule has 1 rings (SSSR count). The molecule has 0 saturated carbocycles. The smallest absolute Gasteiger partial charge is 0.326 e. The SMILES string of the molecule is CC(C)CC(N)C(=O)NC(CC(=O)O)C(=O)NC(CCC(=O)O)C(=O)NC(Cc1ccccc1)C(=O)O. The van der Waals surface area contributed by atoms with Crippen molar-refractivity contribution >= 4 is 35.6 Å². The predicted octanol–water partition coefficient (Wildman–Crippen LogP) is -0.519. The molecule has 0 aliphatic carbocycles. The van der Waals surface area contributed by atoms with Crippen molar-refractivity contribution < 1.29 is 44.1 Å². The number of amides is 3. The van der Waals surface area contributed by atoms with E-state index >= 15 is 0 Å². The van der Waals surface area contributed by atoms with Crippen molar-refractivity contribution in [1.29, 1.82) is 0 Å². The van der Waals surface area contributed by atoms with Gasteiger partial charge in [-0.2, -0.15) is 0 Å². The summed E-state index contributed by atoms with van der Waals surface area (Å²) in [5.41, 5.74) is 6.41. The zero-order valence-corrected chi connectivity index (χ0v) is 20.7. The van der Waals surface area contributed by atoms with E-state index in [4.69, 9.17) is 10.8 Å². The number of nitrogens with one attached hydrogen (secondary N) is 3. The number of hydrogen-bond acceptors (Lipinski definition) is 7. The Morgan fingerprint density at radius 2 is 1.32 bits per heavy atom. The van der Waals surface area contributed by atoms with Crippen molar-refractivity contribution in [3.8, 4) is 0 Å². The average Bonchev–Trinajstić information content (AvgIpc) is 2.80. The van der Waals surface area contributed by atoms with Crippen LogP contribution in [0.2, 0.25) is 0 Å². The molecule has 204 valence electrons. The van der Waals surface area contributed by atoms with Crippen molar-refractivity contribution in [3.05, 3.63) is 35.9 Å². The summed E-state index contributed by atoms with van der Waals surface area (Å²) >= 11 is 0. The van der Waals surface area contributed by atoms with Crippen LogP contribution in [0.3, 0.4) is 0 Å². The molecule has 1 aromatic rings. The molecule has 0 aliphatic rings. The third kappa shape index (κ3) is 12.0. The summed E-state index contributed by atoms with van der Waals surface area (Å²) in [7, 11) is 0. The van der Waals surface area contributed by atoms with Gasteiger partial charge in [0.15, 0.2) is 0 Å². The summed E-state index contributed by atoms with van der Waals surface area (Å²) < 4.78 is 0. The Morgan fingerprint density at radius 3 is 1.84 bits per heavy atom. The Labute approximate surface area is 213 Å². The zero-order valence-electron chi connectivity index (χ0n) is 20.7. The van der Waals surface area contributed by atoms with E-state index in [1.54, 1.807) is 30.3 Å². The number of aliphatic carboxylic acids is 3. The number of nitrogens with two attached hydrogens (primary N) is 1. The molecule has 13 heteroatoms. The largest absolute Gasteiger partial charge is 0.481 e. The maximum Gasteiger partial charge on any atom is 0.326 e. The fourth-order valence-corrected chi connectivity index (χ4v) is 3.41. The monoisotopic (exact) mass is 522 g/mol. The molecule has 4 atom stereocenters. The van der Waals surface area contributed by atoms with E-state index in [1.165, 1.54) is 0 Å². The third-order valence-corrected chi connectivity index (χ3v) is 5.25. The molecule has 0 aromatic heterocycles. The molecule has 0 bridgehead atoms. The summed E-state index contributed by atoms with van der Waals surface area (Å²) in [5, 5.41) is 34.6. The van der Waals surface area contributed by atoms with Crippen molar-refractivity contribution in [2.75, 3.05) is 0 Å². The maximum atomic E-state index is 12.9. The minimum atomic E-state index is -1.61. The number of hydrogen-bond donors (Lipinski definition) is 7. The molecule has 13 nitrogen and oxygen atoms in total. The molecule has 0 fully saturated rings. The van der Waals surface area contributed by atoms with Gasteiger partial charge in [0.25, 0.3) is 0 Å². The van der Waals surface area contributed by atoms with E-state index in [0.29, 0.717) is 5.56 Å². The minimum Gasteiger partial charge on any atom is -0.481 e. The van der Waals surface area contributed by atoms with Crippen molar-refractivity contribution in [1.82, 2.24) is 16.0 Å². The molecule has 3 amide bonds. The fourth-order valence-electron chi connectivity index (χ4n) is 3.41. The van der Waals surface area contributed by atoms with Crippen LogP contribution in [0.25, 0.3) is 0 Å². The number of carboxylic acid groups (broad SMARTS) is 3. The summed E-state index contributed by atoms with van der Waals surface area (Å²) in [4.78, 5) is 72.2. The lowest BCUT2D eigenvalue weighted by molar-refractivity contribution is -0.143. The van der Waals surface area contributed by atoms with E-state index in [0.717, 1.165) is 0 Å². The first-order valence-corrected chi connectivity index (χ1v) is 11.7. The molecule has 37 heavy (non-hydrogen) atoms. The van der Waals surface area contributed by atoms with Crippen LogP contribution in [0.4, 0.5) is 0 Å². The van der Waals surface area contributed by atoms with Crippen LogP contribution in [-0.4, -0.2) is 75.1 Å². The van der Waals surface area contributed by atoms with Crippen LogP contribution in [0, 0.1) is 5.92 Å². The van der Waals surface area contributed by atoms with Crippen molar-refractivity contribution in [2.24, 2.45) is 11.7 Å². The molecule has 1 aromatic carbocycles. The zero-order chi connectivity index (χ0) is 28.1. The normalized spacial score (nSPS) is 14.1. The fraction of sp³-hybridized carbons (Fsp3) is 0.500. The van der Waals surface area contributed by atoms with Gasteiger partial charge in [0, 0.05) is 12.8 Å². The number of carbonyl (C=O) groups excluding carboxylic acids is 3. The number of carbonyl (C=O) groups is 6. The summed E-state index contributed by atoms with van der Waals surface area (Å²) in [6, 6.07) is 2.92. The van der Waals surface area contributed by atoms with Crippen LogP contribution >= 0.6 is 0 Å². The molecular weight excluding hydrogens is 488 g/mol. The lowest BCUT2D eigenvalue weighted by Crippen LogP contribution is -2.57. The maximum absolute atomic E-state index is 12.9. The topological polar surface area (TPSA) is 225 Å². The Balaban J connectivity index is 3.04. The molecular formula is C24H34N4O9. The van der Waals surface area contributed by atoms with Gasteiger partial charge in [0.1, 0.15) is 18.1 Å². The standard InChI is InChI=1S/C24H34N4O9/c1-13(2)10-15(25)21(33)27-17(12-20(31)32)23(35)26-16(8-9-19(29)30)22(34)28-18(24(36)37)11-14-6-4-3-5-7-14/h3-7,13,15-18H,8-12,25H2,1-2H3,(H,26,35)(H,27,33)(H,28,34)(H,29,30)(H,31,32)(H,36,37). The first-order valence-electron chi connectivity index (χ1n) is 11.7. The lowest BCUT2D eigenvalue weighted by Gasteiger charge is -2.24. The lowest BCUT2D eigenvalue weighted by atomic mass is 10.0. The first-order chi connectivity index (χ1) is 17.3. The van der Waals surface area contributed by atoms with Crippen LogP contribution in [0.1, 0.15) is 45.1 Å². The highest BCUT2D eigenvalue weighted by molar-refractivity contribution is 5.95. The quantitative estimate of drug-likeness (QED) is 0.147. The van der Waals surface area contributed by atoms with E-state index in [2.05, 4.69) is 16.0 Å². The van der Waals surface area contributed by atoms with Crippen LogP contribution in [0.15, 0.2) is 30.3 Å². The van der Waals surface area contributed by atoms with Gasteiger partial charge >= 0.3 is 17.9 Å². The first kappa shape index (κ1) is 31.0. The van der Waals surface area contributed by atoms with Gasteiger partial charge in [-0.3, -0.25) is 24.0 Å². The van der Waals surface area contributed by atoms with Crippen LogP contribution in [0.5, 0.6) is 0 Å². The van der Waals surface area contributed by atoms with Crippen LogP contribution in [-0.2, 0) is 35.2 Å². The minimum absolute atomic E-state index is 0.0506. The van der Waals surface area contributed by atoms with Gasteiger partial charge in [-0.05, 0) is 24.3 Å². The second-order valence-electron chi connectivity index (χ2n) is 8.98. The van der Waals surface area contributed by atoms with Crippen molar-refractivity contribution in [3.63, 3.8) is 0 Å². The van der Waals surface area contributed by atoms with Gasteiger partial charge in [-0.25, -0.2) is 4.79 Å². The Bertz CT molecular complexity index is 968. The number of rotatable bonds is 16. The molecule has 8 N–H and O–H groups in total. The average molecular weight is 523 g/mol. The molecule has 0 radical (unpaired) electrons. The van der Waals surface area contributed by atoms with E-state index < -0.39 is 79.1 Å². The Morgan fingerprint density at radius 1 is 0.784 bits per heavy atom. The summed E-state index contributed by atoms with van der Waals surface area (Å²) in [6.45, 7) is 3.64. The molecule has 4 unspecified atom stereocenters. The van der Waals surface area contributed by atoms with Gasteiger partial charge in [0.05, 0.1) is 12.5 Å². The number of benzene rings is 1. The van der Waals surface area contributed by atoms with Gasteiger partial charge in [-0.1, -0.05) is 44.2 Å². The molecule has 0 heterocycles. The van der Waals surface area contributed by atoms with Crippen LogP contribution < -0.4 is 21.7 Å². The summed E-state index contributed by atoms with van der Waals surface area (Å²) in [5.74, 6) is -6.80. The highest BCUT2D eigenvalue weighted by Gasteiger charge is 2.32. The second kappa shape index (κ2) is 15.2. The second-order valence-corrected chi connectivity index (χ2v) is 8.98. The van der Waals surface area contributed by atoms with E-state index in [1.807, 2.05) is 13.8 Å². The highest BCUT2D eigenvalue weighted by atomic mass is 16.4. The number of carboxylic acids is 3. The Hall–Kier alpha value is -4.00. The highest BCUT2D eigenvalue weighted by Crippen LogP contribution is 2.07. The van der Waals surface area contributed by atoms with Gasteiger partial charge < -0.3 is 37.0 Å². The van der Waals surface area contributed by atoms with E-state index in [9.17, 15) is 39.0 Å². The van der Waals surface area contributed by atoms with Gasteiger partial charge in [-0.15, -0.1) is 0 Å². The van der Waals surface area contributed by atoms with E-state index in [-0.39, 0.29) is 18.8 Å². The molecule has 0 saturated heterocycles. The van der Waals surface area contributed by atoms with Crippen molar-refractivity contribution in [2.45, 2.75) is 70.1 Å².